The third-order valence-corrected chi connectivity index (χ3v) is 4.29. The van der Waals surface area contributed by atoms with Crippen LogP contribution in [-0.4, -0.2) is 5.54 Å². The van der Waals surface area contributed by atoms with Gasteiger partial charge in [0, 0.05) is 10.8 Å². The van der Waals surface area contributed by atoms with Crippen LogP contribution in [0.2, 0.25) is 0 Å². The van der Waals surface area contributed by atoms with Gasteiger partial charge in [0.05, 0.1) is 8.86 Å². The van der Waals surface area contributed by atoms with Crippen molar-refractivity contribution in [3.05, 3.63) is 48.5 Å². The zero-order valence-electron chi connectivity index (χ0n) is 9.04. The molecule has 1 aromatic heterocycles. The minimum Gasteiger partial charge on any atom is -0.414 e. The molecular weight excluding hydrogens is 250 g/mol. The first kappa shape index (κ1) is 10.7. The van der Waals surface area contributed by atoms with Gasteiger partial charge in [-0.15, -0.1) is 0 Å². The van der Waals surface area contributed by atoms with E-state index in [1.54, 1.807) is 0 Å². The van der Waals surface area contributed by atoms with Crippen molar-refractivity contribution >= 4 is 44.4 Å². The van der Waals surface area contributed by atoms with Crippen LogP contribution in [0.25, 0.3) is 21.9 Å². The second-order valence-corrected chi connectivity index (χ2v) is 5.74. The Balaban J connectivity index is 2.64. The fraction of sp³-hybridized carbons (Fsp3) is 0. The lowest BCUT2D eigenvalue weighted by molar-refractivity contribution is 0.655. The highest BCUT2D eigenvalue weighted by Crippen LogP contribution is 2.33. The molecule has 84 valence electrons. The molecule has 0 spiro atoms. The lowest BCUT2D eigenvalue weighted by Gasteiger charge is -1.92. The predicted molar refractivity (Wildman–Crippen MR) is 77.5 cm³/mol. The summed E-state index contributed by atoms with van der Waals surface area (Å²) in [7, 11) is 1.53. The molecule has 4 heteroatoms. The van der Waals surface area contributed by atoms with Crippen molar-refractivity contribution in [3.8, 4) is 0 Å². The summed E-state index contributed by atoms with van der Waals surface area (Å²) < 4.78 is 11.7. The van der Waals surface area contributed by atoms with Crippen LogP contribution >= 0.6 is 16.9 Å². The van der Waals surface area contributed by atoms with Crippen LogP contribution in [-0.2, 0) is 0 Å². The molecule has 0 aliphatic rings. The topological polar surface area (TPSA) is 26.3 Å². The van der Waals surface area contributed by atoms with Crippen LogP contribution in [0.5, 0.6) is 0 Å². The molecule has 0 aliphatic heterocycles. The van der Waals surface area contributed by atoms with E-state index in [1.807, 2.05) is 41.9 Å². The summed E-state index contributed by atoms with van der Waals surface area (Å²) in [5, 5.41) is 2.17. The molecule has 1 atom stereocenters. The summed E-state index contributed by atoms with van der Waals surface area (Å²) >= 11 is 0. The van der Waals surface area contributed by atoms with Gasteiger partial charge < -0.3 is 8.39 Å². The largest absolute Gasteiger partial charge is 0.414 e. The molecular formula is C13H11O2P2+. The van der Waals surface area contributed by atoms with Crippen molar-refractivity contribution in [1.82, 2.24) is 0 Å². The Kier molecular flexibility index (Phi) is 2.76. The van der Waals surface area contributed by atoms with E-state index in [-0.39, 0.29) is 0 Å². The molecule has 2 nitrogen and oxygen atoms in total. The number of rotatable bonds is 1. The number of fused-ring (bicyclic) bond motifs is 3. The van der Waals surface area contributed by atoms with Crippen molar-refractivity contribution in [3.63, 3.8) is 0 Å². The molecule has 17 heavy (non-hydrogen) atoms. The average molecular weight is 261 g/mol. The first-order valence-corrected chi connectivity index (χ1v) is 7.18. The van der Waals surface area contributed by atoms with Crippen LogP contribution < -0.4 is 0 Å². The molecule has 0 saturated carbocycles. The Hall–Kier alpha value is -1.49. The van der Waals surface area contributed by atoms with Crippen molar-refractivity contribution < 1.29 is 8.39 Å². The maximum absolute atomic E-state index is 5.85. The van der Waals surface area contributed by atoms with Crippen LogP contribution in [0.3, 0.4) is 0 Å². The molecule has 0 fully saturated rings. The zero-order chi connectivity index (χ0) is 11.7. The highest BCUT2D eigenvalue weighted by Gasteiger charge is 2.03. The summed E-state index contributed by atoms with van der Waals surface area (Å²) in [5.41, 5.74) is 3.64. The number of hydrogen-bond acceptors (Lipinski definition) is 2. The van der Waals surface area contributed by atoms with Crippen molar-refractivity contribution in [1.29, 1.82) is 0 Å². The maximum Gasteiger partial charge on any atom is 0.290 e. The van der Waals surface area contributed by atoms with E-state index >= 15 is 0 Å². The van der Waals surface area contributed by atoms with Crippen LogP contribution in [0.15, 0.2) is 56.9 Å². The monoisotopic (exact) mass is 261 g/mol. The van der Waals surface area contributed by atoms with Gasteiger partial charge in [0.15, 0.2) is 5.54 Å². The lowest BCUT2D eigenvalue weighted by Crippen LogP contribution is -1.69. The third-order valence-electron chi connectivity index (χ3n) is 2.56. The first-order chi connectivity index (χ1) is 8.38. The van der Waals surface area contributed by atoms with Gasteiger partial charge in [-0.3, -0.25) is 0 Å². The van der Waals surface area contributed by atoms with E-state index in [0.717, 1.165) is 21.9 Å². The predicted octanol–water partition coefficient (Wildman–Crippen LogP) is 4.77. The highest BCUT2D eigenvalue weighted by molar-refractivity contribution is 7.65. The molecule has 2 aromatic carbocycles. The Labute approximate surface area is 102 Å². The van der Waals surface area contributed by atoms with Crippen LogP contribution in [0.1, 0.15) is 0 Å². The van der Waals surface area contributed by atoms with E-state index in [9.17, 15) is 0 Å². The molecule has 3 aromatic rings. The molecule has 0 bridgehead atoms. The van der Waals surface area contributed by atoms with Gasteiger partial charge in [-0.1, -0.05) is 36.4 Å². The molecule has 3 rings (SSSR count). The molecule has 0 radical (unpaired) electrons. The third kappa shape index (κ3) is 1.91. The maximum atomic E-state index is 5.85. The minimum absolute atomic E-state index is 0.877. The van der Waals surface area contributed by atoms with Crippen molar-refractivity contribution in [2.45, 2.75) is 0 Å². The second kappa shape index (κ2) is 4.41. The summed E-state index contributed by atoms with van der Waals surface area (Å²) in [4.78, 5) is 0. The second-order valence-electron chi connectivity index (χ2n) is 3.61. The van der Waals surface area contributed by atoms with Gasteiger partial charge in [-0.2, -0.15) is 0 Å². The molecule has 0 N–H and O–H groups in total. The van der Waals surface area contributed by atoms with Gasteiger partial charge >= 0.3 is 0 Å². The Bertz CT molecular complexity index is 673. The lowest BCUT2D eigenvalue weighted by atomic mass is 10.1. The summed E-state index contributed by atoms with van der Waals surface area (Å²) in [6.45, 7) is 0. The molecule has 0 amide bonds. The molecule has 0 saturated heterocycles. The highest BCUT2D eigenvalue weighted by atomic mass is 31.1. The fourth-order valence-corrected chi connectivity index (χ4v) is 3.04. The summed E-state index contributed by atoms with van der Waals surface area (Å²) in [5.74, 6) is 0. The number of hydrogen-bond donors (Lipinski definition) is 0. The Morgan fingerprint density at radius 1 is 0.824 bits per heavy atom. The van der Waals surface area contributed by atoms with Gasteiger partial charge in [0.25, 0.3) is 8.01 Å². The van der Waals surface area contributed by atoms with Crippen LogP contribution in [0.4, 0.5) is 0 Å². The van der Waals surface area contributed by atoms with Gasteiger partial charge in [0.2, 0.25) is 0 Å². The zero-order valence-corrected chi connectivity index (χ0v) is 11.1. The van der Waals surface area contributed by atoms with E-state index in [1.165, 1.54) is 0 Å². The Morgan fingerprint density at radius 3 is 1.76 bits per heavy atom. The SMILES string of the molecule is [PH2+]=Cp1oc2ccccc2c2ccccc2o1. The minimum atomic E-state index is -1.03. The standard InChI is InChI=1S/C13H10O2P2/c16-9-17-14-12-7-3-1-5-10(12)11-6-2-4-8-13(11)15-17/h1-9,16H/p+1. The van der Waals surface area contributed by atoms with Gasteiger partial charge in [0.1, 0.15) is 11.2 Å². The summed E-state index contributed by atoms with van der Waals surface area (Å²) in [6.07, 6.45) is 0. The normalized spacial score (nSPS) is 10.6. The fourth-order valence-electron chi connectivity index (χ4n) is 1.81. The van der Waals surface area contributed by atoms with E-state index in [4.69, 9.17) is 8.39 Å². The molecule has 1 heterocycles. The number of benzene rings is 2. The molecule has 1 unspecified atom stereocenters. The quantitative estimate of drug-likeness (QED) is 0.589. The average Bonchev–Trinajstić information content (AvgIpc) is 2.55. The van der Waals surface area contributed by atoms with Crippen molar-refractivity contribution in [2.75, 3.05) is 0 Å². The van der Waals surface area contributed by atoms with Gasteiger partial charge in [-0.25, -0.2) is 0 Å². The first-order valence-electron chi connectivity index (χ1n) is 5.27. The molecule has 0 aliphatic carbocycles. The summed E-state index contributed by atoms with van der Waals surface area (Å²) in [6, 6.07) is 16.0. The van der Waals surface area contributed by atoms with Gasteiger partial charge in [-0.05, 0) is 12.1 Å². The van der Waals surface area contributed by atoms with E-state index in [2.05, 4.69) is 21.0 Å². The van der Waals surface area contributed by atoms with E-state index < -0.39 is 8.01 Å². The Morgan fingerprint density at radius 2 is 1.29 bits per heavy atom. The van der Waals surface area contributed by atoms with Crippen LogP contribution in [0, 0.1) is 0 Å². The number of para-hydroxylation sites is 2. The smallest absolute Gasteiger partial charge is 0.290 e. The van der Waals surface area contributed by atoms with E-state index in [0.29, 0.717) is 0 Å². The van der Waals surface area contributed by atoms with Crippen molar-refractivity contribution in [2.24, 2.45) is 0 Å².